The van der Waals surface area contributed by atoms with E-state index in [0.29, 0.717) is 19.5 Å². The van der Waals surface area contributed by atoms with Crippen molar-refractivity contribution in [1.29, 1.82) is 0 Å². The predicted molar refractivity (Wildman–Crippen MR) is 106 cm³/mol. The molecule has 4 heteroatoms. The summed E-state index contributed by atoms with van der Waals surface area (Å²) in [6.45, 7) is 10.9. The minimum absolute atomic E-state index is 0.186. The Balaban J connectivity index is 4.74. The minimum Gasteiger partial charge on any atom is -0.369 e. The van der Waals surface area contributed by atoms with Crippen molar-refractivity contribution in [2.75, 3.05) is 13.1 Å². The van der Waals surface area contributed by atoms with Gasteiger partial charge in [-0.15, -0.1) is 6.58 Å². The second-order valence-electron chi connectivity index (χ2n) is 6.65. The summed E-state index contributed by atoms with van der Waals surface area (Å²) in [6.07, 6.45) is 14.8. The number of unbranched alkanes of at least 4 members (excludes halogenated alkanes) is 6. The molecule has 2 amide bonds. The van der Waals surface area contributed by atoms with Gasteiger partial charge in [0, 0.05) is 13.1 Å². The van der Waals surface area contributed by atoms with E-state index in [-0.39, 0.29) is 12.3 Å². The molecule has 0 saturated carbocycles. The number of primary amides is 1. The fourth-order valence-corrected chi connectivity index (χ4v) is 3.07. The molecule has 0 aromatic rings. The number of amides is 2. The minimum atomic E-state index is -1.20. The Kier molecular flexibility index (Phi) is 12.8. The number of rotatable bonds is 15. The second-order valence-corrected chi connectivity index (χ2v) is 6.65. The van der Waals surface area contributed by atoms with Crippen LogP contribution in [0.15, 0.2) is 24.8 Å². The van der Waals surface area contributed by atoms with Gasteiger partial charge in [-0.05, 0) is 39.5 Å². The summed E-state index contributed by atoms with van der Waals surface area (Å²) in [5.74, 6) is -0.748. The van der Waals surface area contributed by atoms with Crippen molar-refractivity contribution in [2.24, 2.45) is 11.1 Å². The van der Waals surface area contributed by atoms with Gasteiger partial charge < -0.3 is 10.6 Å². The van der Waals surface area contributed by atoms with E-state index in [4.69, 9.17) is 5.73 Å². The average molecular weight is 351 g/mol. The SMILES string of the molecule is C=CCC(C/C=C/CCCCCCCC)(C(N)=O)C(=O)N(CC)CC. The van der Waals surface area contributed by atoms with Crippen molar-refractivity contribution < 1.29 is 9.59 Å². The number of carbonyl (C=O) groups excluding carboxylic acids is 2. The highest BCUT2D eigenvalue weighted by atomic mass is 16.2. The molecule has 1 atom stereocenters. The van der Waals surface area contributed by atoms with Gasteiger partial charge in [-0.25, -0.2) is 0 Å². The largest absolute Gasteiger partial charge is 0.369 e. The van der Waals surface area contributed by atoms with Gasteiger partial charge in [0.25, 0.3) is 0 Å². The van der Waals surface area contributed by atoms with Crippen molar-refractivity contribution in [3.63, 3.8) is 0 Å². The molecule has 144 valence electrons. The first-order valence-corrected chi connectivity index (χ1v) is 9.85. The van der Waals surface area contributed by atoms with Gasteiger partial charge in [-0.1, -0.05) is 57.3 Å². The first-order chi connectivity index (χ1) is 12.0. The van der Waals surface area contributed by atoms with Crippen molar-refractivity contribution in [3.05, 3.63) is 24.8 Å². The summed E-state index contributed by atoms with van der Waals surface area (Å²) < 4.78 is 0. The zero-order valence-corrected chi connectivity index (χ0v) is 16.6. The van der Waals surface area contributed by atoms with Crippen LogP contribution in [-0.4, -0.2) is 29.8 Å². The number of carbonyl (C=O) groups is 2. The van der Waals surface area contributed by atoms with Crippen LogP contribution in [0.3, 0.4) is 0 Å². The van der Waals surface area contributed by atoms with E-state index in [0.717, 1.165) is 12.8 Å². The van der Waals surface area contributed by atoms with Gasteiger partial charge in [-0.3, -0.25) is 9.59 Å². The molecule has 25 heavy (non-hydrogen) atoms. The molecular weight excluding hydrogens is 312 g/mol. The Morgan fingerprint density at radius 1 is 0.960 bits per heavy atom. The smallest absolute Gasteiger partial charge is 0.238 e. The number of hydrogen-bond donors (Lipinski definition) is 1. The topological polar surface area (TPSA) is 63.4 Å². The van der Waals surface area contributed by atoms with Crippen LogP contribution >= 0.6 is 0 Å². The van der Waals surface area contributed by atoms with Gasteiger partial charge in [0.05, 0.1) is 0 Å². The zero-order chi connectivity index (χ0) is 19.1. The van der Waals surface area contributed by atoms with Crippen molar-refractivity contribution in [2.45, 2.75) is 78.6 Å². The van der Waals surface area contributed by atoms with Crippen LogP contribution < -0.4 is 5.73 Å². The fraction of sp³-hybridized carbons (Fsp3) is 0.714. The van der Waals surface area contributed by atoms with Crippen molar-refractivity contribution in [3.8, 4) is 0 Å². The van der Waals surface area contributed by atoms with Crippen LogP contribution in [0.1, 0.15) is 78.6 Å². The maximum Gasteiger partial charge on any atom is 0.238 e. The molecule has 0 aromatic heterocycles. The molecule has 4 nitrogen and oxygen atoms in total. The summed E-state index contributed by atoms with van der Waals surface area (Å²) in [4.78, 5) is 26.7. The summed E-state index contributed by atoms with van der Waals surface area (Å²) >= 11 is 0. The predicted octanol–water partition coefficient (Wildman–Crippen LogP) is 4.60. The second kappa shape index (κ2) is 13.7. The molecule has 0 fully saturated rings. The van der Waals surface area contributed by atoms with Gasteiger partial charge in [0.15, 0.2) is 0 Å². The molecule has 0 rings (SSSR count). The molecule has 0 aliphatic heterocycles. The van der Waals surface area contributed by atoms with Crippen LogP contribution in [-0.2, 0) is 9.59 Å². The van der Waals surface area contributed by atoms with Crippen LogP contribution in [0.4, 0.5) is 0 Å². The third kappa shape index (κ3) is 7.89. The molecule has 0 aliphatic carbocycles. The Hall–Kier alpha value is -1.58. The lowest BCUT2D eigenvalue weighted by atomic mass is 9.78. The molecule has 0 spiro atoms. The normalized spacial score (nSPS) is 13.6. The molecule has 2 N–H and O–H groups in total. The molecule has 1 unspecified atom stereocenters. The zero-order valence-electron chi connectivity index (χ0n) is 16.6. The lowest BCUT2D eigenvalue weighted by Crippen LogP contribution is -2.51. The average Bonchev–Trinajstić information content (AvgIpc) is 2.60. The molecular formula is C21H38N2O2. The van der Waals surface area contributed by atoms with E-state index < -0.39 is 11.3 Å². The molecule has 0 aromatic carbocycles. The van der Waals surface area contributed by atoms with E-state index in [1.54, 1.807) is 11.0 Å². The highest BCUT2D eigenvalue weighted by molar-refractivity contribution is 6.04. The lowest BCUT2D eigenvalue weighted by molar-refractivity contribution is -0.148. The van der Waals surface area contributed by atoms with Gasteiger partial charge in [0.2, 0.25) is 11.8 Å². The van der Waals surface area contributed by atoms with Crippen LogP contribution in [0.2, 0.25) is 0 Å². The van der Waals surface area contributed by atoms with Gasteiger partial charge in [-0.2, -0.15) is 0 Å². The van der Waals surface area contributed by atoms with Gasteiger partial charge in [0.1, 0.15) is 5.41 Å². The first kappa shape index (κ1) is 23.4. The Morgan fingerprint density at radius 2 is 1.56 bits per heavy atom. The third-order valence-corrected chi connectivity index (χ3v) is 4.78. The standard InChI is InChI=1S/C21H38N2O2/c1-5-9-10-11-12-13-14-15-16-18-21(17-6-2,19(22)24)20(25)23(7-3)8-4/h6,15-16H,2,5,7-14,17-18H2,1,3-4H3,(H2,22,24)/b16-15+. The fourth-order valence-electron chi connectivity index (χ4n) is 3.07. The Labute approximate surface area is 154 Å². The number of allylic oxidation sites excluding steroid dienone is 3. The van der Waals surface area contributed by atoms with Crippen molar-refractivity contribution in [1.82, 2.24) is 4.90 Å². The molecule has 0 aliphatic rings. The maximum absolute atomic E-state index is 12.9. The van der Waals surface area contributed by atoms with Gasteiger partial charge >= 0.3 is 0 Å². The van der Waals surface area contributed by atoms with E-state index in [1.165, 1.54) is 32.1 Å². The lowest BCUT2D eigenvalue weighted by Gasteiger charge is -2.32. The molecule has 0 heterocycles. The first-order valence-electron chi connectivity index (χ1n) is 9.85. The Bertz CT molecular complexity index is 428. The van der Waals surface area contributed by atoms with E-state index in [1.807, 2.05) is 19.9 Å². The van der Waals surface area contributed by atoms with Crippen LogP contribution in [0, 0.1) is 5.41 Å². The number of hydrogen-bond acceptors (Lipinski definition) is 2. The summed E-state index contributed by atoms with van der Waals surface area (Å²) in [6, 6.07) is 0. The number of nitrogens with two attached hydrogens (primary N) is 1. The van der Waals surface area contributed by atoms with Crippen LogP contribution in [0.5, 0.6) is 0 Å². The number of nitrogens with zero attached hydrogens (tertiary/aromatic N) is 1. The monoisotopic (exact) mass is 350 g/mol. The van der Waals surface area contributed by atoms with E-state index in [2.05, 4.69) is 19.6 Å². The molecule has 0 bridgehead atoms. The highest BCUT2D eigenvalue weighted by Crippen LogP contribution is 2.30. The van der Waals surface area contributed by atoms with Crippen LogP contribution in [0.25, 0.3) is 0 Å². The van der Waals surface area contributed by atoms with E-state index in [9.17, 15) is 9.59 Å². The summed E-state index contributed by atoms with van der Waals surface area (Å²) in [5.41, 5.74) is 4.44. The summed E-state index contributed by atoms with van der Waals surface area (Å²) in [7, 11) is 0. The molecule has 0 radical (unpaired) electrons. The highest BCUT2D eigenvalue weighted by Gasteiger charge is 2.44. The maximum atomic E-state index is 12.9. The molecule has 0 saturated heterocycles. The Morgan fingerprint density at radius 3 is 2.08 bits per heavy atom. The summed E-state index contributed by atoms with van der Waals surface area (Å²) in [5, 5.41) is 0. The quantitative estimate of drug-likeness (QED) is 0.266. The van der Waals surface area contributed by atoms with Crippen molar-refractivity contribution >= 4 is 11.8 Å². The van der Waals surface area contributed by atoms with E-state index >= 15 is 0 Å². The third-order valence-electron chi connectivity index (χ3n) is 4.78.